The number of ether oxygens (including phenoxy) is 1. The Balaban J connectivity index is 1.48. The van der Waals surface area contributed by atoms with Crippen molar-refractivity contribution in [1.82, 2.24) is 20.1 Å². The molecule has 1 aromatic heterocycles. The van der Waals surface area contributed by atoms with Crippen molar-refractivity contribution in [3.63, 3.8) is 0 Å². The molecule has 0 aliphatic carbocycles. The van der Waals surface area contributed by atoms with E-state index < -0.39 is 0 Å². The molecular formula is C22H22F2N4O2S. The van der Waals surface area contributed by atoms with Gasteiger partial charge in [0.1, 0.15) is 17.4 Å². The maximum Gasteiger partial charge on any atom is 0.244 e. The van der Waals surface area contributed by atoms with E-state index in [9.17, 15) is 13.6 Å². The largest absolute Gasteiger partial charge is 0.493 e. The van der Waals surface area contributed by atoms with Gasteiger partial charge >= 0.3 is 0 Å². The van der Waals surface area contributed by atoms with Crippen LogP contribution < -0.4 is 10.1 Å². The molecule has 3 aromatic rings. The summed E-state index contributed by atoms with van der Waals surface area (Å²) in [6.07, 6.45) is 2.90. The summed E-state index contributed by atoms with van der Waals surface area (Å²) in [7, 11) is 1.82. The van der Waals surface area contributed by atoms with Crippen LogP contribution in [-0.2, 0) is 11.8 Å². The van der Waals surface area contributed by atoms with E-state index in [1.807, 2.05) is 18.5 Å². The zero-order valence-electron chi connectivity index (χ0n) is 17.1. The minimum Gasteiger partial charge on any atom is -0.493 e. The second-order valence-electron chi connectivity index (χ2n) is 6.67. The fourth-order valence-corrected chi connectivity index (χ4v) is 3.50. The topological polar surface area (TPSA) is 69.0 Å². The summed E-state index contributed by atoms with van der Waals surface area (Å²) in [5.74, 6) is 0.849. The molecule has 0 bridgehead atoms. The molecule has 3 rings (SSSR count). The molecule has 1 amide bonds. The molecule has 0 aliphatic rings. The van der Waals surface area contributed by atoms with Crippen molar-refractivity contribution in [3.05, 3.63) is 77.6 Å². The first-order chi connectivity index (χ1) is 14.9. The molecule has 1 heterocycles. The Morgan fingerprint density at radius 1 is 1.19 bits per heavy atom. The van der Waals surface area contributed by atoms with Gasteiger partial charge < -0.3 is 14.6 Å². The van der Waals surface area contributed by atoms with Crippen molar-refractivity contribution in [1.29, 1.82) is 0 Å². The van der Waals surface area contributed by atoms with Gasteiger partial charge in [0, 0.05) is 18.9 Å². The number of thioether (sulfide) groups is 1. The summed E-state index contributed by atoms with van der Waals surface area (Å²) in [6.45, 7) is 2.24. The Morgan fingerprint density at radius 3 is 2.71 bits per heavy atom. The summed E-state index contributed by atoms with van der Waals surface area (Å²) in [5, 5.41) is 11.8. The number of aromatic nitrogens is 3. The maximum absolute atomic E-state index is 13.2. The molecule has 2 aromatic carbocycles. The van der Waals surface area contributed by atoms with Gasteiger partial charge in [-0.2, -0.15) is 0 Å². The van der Waals surface area contributed by atoms with Crippen LogP contribution in [-0.4, -0.2) is 33.0 Å². The van der Waals surface area contributed by atoms with Gasteiger partial charge in [0.05, 0.1) is 12.6 Å². The molecule has 1 N–H and O–H groups in total. The summed E-state index contributed by atoms with van der Waals surface area (Å²) in [5.41, 5.74) is 0.600. The van der Waals surface area contributed by atoms with Crippen molar-refractivity contribution in [2.24, 2.45) is 7.05 Å². The molecule has 0 fully saturated rings. The quantitative estimate of drug-likeness (QED) is 0.305. The van der Waals surface area contributed by atoms with Crippen LogP contribution in [0.1, 0.15) is 24.4 Å². The zero-order chi connectivity index (χ0) is 22.2. The van der Waals surface area contributed by atoms with E-state index in [0.717, 1.165) is 0 Å². The van der Waals surface area contributed by atoms with E-state index in [2.05, 4.69) is 15.5 Å². The molecule has 0 aliphatic heterocycles. The lowest BCUT2D eigenvalue weighted by atomic mass is 10.2. The number of hydrogen-bond donors (Lipinski definition) is 1. The van der Waals surface area contributed by atoms with Crippen LogP contribution in [0, 0.1) is 11.6 Å². The molecular weight excluding hydrogens is 422 g/mol. The Labute approximate surface area is 183 Å². The number of hydrogen-bond acceptors (Lipinski definition) is 5. The van der Waals surface area contributed by atoms with Gasteiger partial charge in [0.25, 0.3) is 0 Å². The number of carbonyl (C=O) groups is 1. The van der Waals surface area contributed by atoms with Crippen LogP contribution in [0.2, 0.25) is 0 Å². The van der Waals surface area contributed by atoms with Crippen LogP contribution in [0.3, 0.4) is 0 Å². The Bertz CT molecular complexity index is 1050. The third kappa shape index (κ3) is 6.65. The highest BCUT2D eigenvalue weighted by Crippen LogP contribution is 2.19. The molecule has 0 saturated carbocycles. The number of rotatable bonds is 9. The third-order valence-corrected chi connectivity index (χ3v) is 5.27. The molecule has 31 heavy (non-hydrogen) atoms. The fourth-order valence-electron chi connectivity index (χ4n) is 2.76. The van der Waals surface area contributed by atoms with Crippen LogP contribution in [0.15, 0.2) is 59.8 Å². The van der Waals surface area contributed by atoms with Crippen molar-refractivity contribution in [2.75, 3.05) is 12.4 Å². The van der Waals surface area contributed by atoms with Gasteiger partial charge in [-0.15, -0.1) is 10.2 Å². The van der Waals surface area contributed by atoms with E-state index in [1.54, 1.807) is 30.3 Å². The highest BCUT2D eigenvalue weighted by atomic mass is 32.2. The molecule has 0 radical (unpaired) electrons. The Kier molecular flexibility index (Phi) is 7.77. The molecule has 0 spiro atoms. The summed E-state index contributed by atoms with van der Waals surface area (Å²) >= 11 is 1.46. The van der Waals surface area contributed by atoms with Crippen LogP contribution >= 0.6 is 11.8 Å². The number of carbonyl (C=O) groups excluding carboxylic acids is 1. The van der Waals surface area contributed by atoms with Crippen molar-refractivity contribution in [2.45, 2.75) is 18.1 Å². The second kappa shape index (κ2) is 10.7. The van der Waals surface area contributed by atoms with Gasteiger partial charge in [0.15, 0.2) is 11.0 Å². The molecule has 6 nitrogen and oxygen atoms in total. The monoisotopic (exact) mass is 444 g/mol. The number of nitrogens with zero attached hydrogens (tertiary/aromatic N) is 3. The minimum atomic E-state index is -0.369. The SMILES string of the molecule is CC(NC(=O)C=Cc1cccc(F)c1)c1nnc(SCCOc2ccc(F)cc2)n1C. The number of nitrogens with one attached hydrogen (secondary N) is 1. The highest BCUT2D eigenvalue weighted by Gasteiger charge is 2.16. The standard InChI is InChI=1S/C22H22F2N4O2S/c1-15(25-20(29)11-6-16-4-3-5-18(24)14-16)21-26-27-22(28(21)2)31-13-12-30-19-9-7-17(23)8-10-19/h3-11,14-15H,12-13H2,1-2H3,(H,25,29). The number of benzene rings is 2. The molecule has 1 unspecified atom stereocenters. The average Bonchev–Trinajstić information content (AvgIpc) is 3.11. The number of amides is 1. The Hall–Kier alpha value is -3.20. The van der Waals surface area contributed by atoms with Crippen molar-refractivity contribution < 1.29 is 18.3 Å². The van der Waals surface area contributed by atoms with Crippen LogP contribution in [0.25, 0.3) is 6.08 Å². The maximum atomic E-state index is 13.2. The first-order valence-corrected chi connectivity index (χ1v) is 10.6. The van der Waals surface area contributed by atoms with Gasteiger partial charge in [-0.1, -0.05) is 23.9 Å². The predicted octanol–water partition coefficient (Wildman–Crippen LogP) is 4.16. The van der Waals surface area contributed by atoms with E-state index in [-0.39, 0.29) is 23.6 Å². The summed E-state index contributed by atoms with van der Waals surface area (Å²) in [6, 6.07) is 11.5. The predicted molar refractivity (Wildman–Crippen MR) is 116 cm³/mol. The first kappa shape index (κ1) is 22.5. The van der Waals surface area contributed by atoms with Gasteiger partial charge in [-0.25, -0.2) is 8.78 Å². The second-order valence-corrected chi connectivity index (χ2v) is 7.73. The normalized spacial score (nSPS) is 12.1. The smallest absolute Gasteiger partial charge is 0.244 e. The zero-order valence-corrected chi connectivity index (χ0v) is 17.9. The molecule has 1 atom stereocenters. The number of halogens is 2. The lowest BCUT2D eigenvalue weighted by Crippen LogP contribution is -2.26. The minimum absolute atomic E-state index is 0.306. The van der Waals surface area contributed by atoms with Gasteiger partial charge in [-0.05, 0) is 55.0 Å². The van der Waals surface area contributed by atoms with E-state index in [4.69, 9.17) is 4.74 Å². The average molecular weight is 445 g/mol. The first-order valence-electron chi connectivity index (χ1n) is 9.57. The Morgan fingerprint density at radius 2 is 1.97 bits per heavy atom. The highest BCUT2D eigenvalue weighted by molar-refractivity contribution is 7.99. The van der Waals surface area contributed by atoms with E-state index in [0.29, 0.717) is 34.7 Å². The van der Waals surface area contributed by atoms with Gasteiger partial charge in [0.2, 0.25) is 5.91 Å². The van der Waals surface area contributed by atoms with Crippen molar-refractivity contribution >= 4 is 23.7 Å². The van der Waals surface area contributed by atoms with Crippen molar-refractivity contribution in [3.8, 4) is 5.75 Å². The summed E-state index contributed by atoms with van der Waals surface area (Å²) < 4.78 is 33.5. The third-order valence-electron chi connectivity index (χ3n) is 4.29. The van der Waals surface area contributed by atoms with Gasteiger partial charge in [-0.3, -0.25) is 4.79 Å². The lowest BCUT2D eigenvalue weighted by Gasteiger charge is -2.12. The molecule has 9 heteroatoms. The van der Waals surface area contributed by atoms with E-state index in [1.165, 1.54) is 42.1 Å². The van der Waals surface area contributed by atoms with E-state index >= 15 is 0 Å². The van der Waals surface area contributed by atoms with Crippen LogP contribution in [0.4, 0.5) is 8.78 Å². The lowest BCUT2D eigenvalue weighted by molar-refractivity contribution is -0.117. The molecule has 162 valence electrons. The summed E-state index contributed by atoms with van der Waals surface area (Å²) in [4.78, 5) is 12.2. The van der Waals surface area contributed by atoms with Crippen LogP contribution in [0.5, 0.6) is 5.75 Å². The fraction of sp³-hybridized carbons (Fsp3) is 0.227. The molecule has 0 saturated heterocycles.